The van der Waals surface area contributed by atoms with Crippen LogP contribution in [0.4, 0.5) is 4.39 Å². The molecule has 1 N–H and O–H groups in total. The molecule has 2 aliphatic rings. The van der Waals surface area contributed by atoms with Gasteiger partial charge in [-0.25, -0.2) is 4.39 Å². The van der Waals surface area contributed by atoms with Crippen LogP contribution in [0.25, 0.3) is 0 Å². The molecule has 0 amide bonds. The van der Waals surface area contributed by atoms with E-state index in [1.807, 2.05) is 17.9 Å². The highest BCUT2D eigenvalue weighted by Crippen LogP contribution is 2.45. The number of ether oxygens (including phenoxy) is 1. The number of halogens is 1. The number of thiocarbonyl (C=S) groups is 1. The molecule has 0 aliphatic carbocycles. The molecule has 0 spiro atoms. The molecule has 2 atom stereocenters. The van der Waals surface area contributed by atoms with Gasteiger partial charge >= 0.3 is 0 Å². The minimum Gasteiger partial charge on any atom is -0.465 e. The normalized spacial score (nSPS) is 28.8. The average Bonchev–Trinajstić information content (AvgIpc) is 2.29. The zero-order valence-corrected chi connectivity index (χ0v) is 12.1. The highest BCUT2D eigenvalue weighted by atomic mass is 32.1. The van der Waals surface area contributed by atoms with E-state index in [2.05, 4.69) is 19.2 Å². The number of rotatable bonds is 1. The lowest BCUT2D eigenvalue weighted by Gasteiger charge is -2.53. The smallest absolute Gasteiger partial charge is 0.184 e. The first kappa shape index (κ1) is 12.7. The van der Waals surface area contributed by atoms with E-state index < -0.39 is 5.72 Å². The standard InChI is InChI=1S/C14H17FN2OS/c1-8(2)17-13(19)16-11-7-14(17,3)18-12-9(11)5-4-6-10(12)15/h4-6,8,11H,7H2,1-3H3,(H,16,19). The van der Waals surface area contributed by atoms with Crippen molar-refractivity contribution < 1.29 is 9.13 Å². The number of nitrogens with zero attached hydrogens (tertiary/aromatic N) is 1. The van der Waals surface area contributed by atoms with Crippen LogP contribution in [0, 0.1) is 5.82 Å². The van der Waals surface area contributed by atoms with Gasteiger partial charge in [-0.15, -0.1) is 0 Å². The Labute approximate surface area is 117 Å². The zero-order chi connectivity index (χ0) is 13.8. The maximum absolute atomic E-state index is 14.0. The molecule has 3 rings (SSSR count). The zero-order valence-electron chi connectivity index (χ0n) is 11.2. The van der Waals surface area contributed by atoms with Gasteiger partial charge in [0.05, 0.1) is 6.04 Å². The molecule has 0 radical (unpaired) electrons. The third-order valence-electron chi connectivity index (χ3n) is 3.82. The fourth-order valence-corrected chi connectivity index (χ4v) is 3.69. The largest absolute Gasteiger partial charge is 0.465 e. The van der Waals surface area contributed by atoms with E-state index >= 15 is 0 Å². The van der Waals surface area contributed by atoms with Crippen LogP contribution in [0.1, 0.15) is 38.8 Å². The Morgan fingerprint density at radius 3 is 2.95 bits per heavy atom. The quantitative estimate of drug-likeness (QED) is 0.799. The van der Waals surface area contributed by atoms with Gasteiger partial charge in [0.1, 0.15) is 0 Å². The number of para-hydroxylation sites is 1. The molecule has 2 unspecified atom stereocenters. The van der Waals surface area contributed by atoms with Crippen molar-refractivity contribution in [1.29, 1.82) is 0 Å². The van der Waals surface area contributed by atoms with Crippen LogP contribution in [0.3, 0.4) is 0 Å². The van der Waals surface area contributed by atoms with E-state index in [0.29, 0.717) is 10.9 Å². The molecule has 2 aliphatic heterocycles. The van der Waals surface area contributed by atoms with Crippen LogP contribution < -0.4 is 10.1 Å². The Morgan fingerprint density at radius 2 is 2.26 bits per heavy atom. The van der Waals surface area contributed by atoms with Crippen LogP contribution in [0.5, 0.6) is 5.75 Å². The minimum atomic E-state index is -0.587. The Balaban J connectivity index is 2.11. The first-order valence-corrected chi connectivity index (χ1v) is 6.90. The van der Waals surface area contributed by atoms with Crippen LogP contribution >= 0.6 is 12.2 Å². The lowest BCUT2D eigenvalue weighted by atomic mass is 9.90. The van der Waals surface area contributed by atoms with E-state index in [-0.39, 0.29) is 17.9 Å². The number of fused-ring (bicyclic) bond motifs is 4. The molecule has 5 heteroatoms. The third kappa shape index (κ3) is 1.79. The van der Waals surface area contributed by atoms with E-state index in [1.165, 1.54) is 6.07 Å². The fraction of sp³-hybridized carbons (Fsp3) is 0.500. The van der Waals surface area contributed by atoms with Crippen LogP contribution in [-0.4, -0.2) is 21.8 Å². The van der Waals surface area contributed by atoms with Crippen molar-refractivity contribution in [2.75, 3.05) is 0 Å². The van der Waals surface area contributed by atoms with E-state index in [1.54, 1.807) is 6.07 Å². The lowest BCUT2D eigenvalue weighted by molar-refractivity contribution is -0.0831. The Kier molecular flexibility index (Phi) is 2.71. The van der Waals surface area contributed by atoms with Gasteiger partial charge in [0.15, 0.2) is 22.4 Å². The Hall–Kier alpha value is -1.36. The molecule has 19 heavy (non-hydrogen) atoms. The second kappa shape index (κ2) is 4.07. The summed E-state index contributed by atoms with van der Waals surface area (Å²) in [7, 11) is 0. The Morgan fingerprint density at radius 1 is 1.53 bits per heavy atom. The molecule has 1 saturated heterocycles. The summed E-state index contributed by atoms with van der Waals surface area (Å²) in [6.45, 7) is 6.09. The molecular weight excluding hydrogens is 263 g/mol. The Bertz CT molecular complexity index is 548. The van der Waals surface area contributed by atoms with Gasteiger partial charge in [-0.2, -0.15) is 0 Å². The van der Waals surface area contributed by atoms with Crippen molar-refractivity contribution >= 4 is 17.3 Å². The molecule has 102 valence electrons. The number of hydrogen-bond donors (Lipinski definition) is 1. The third-order valence-corrected chi connectivity index (χ3v) is 4.13. The van der Waals surface area contributed by atoms with Crippen LogP contribution in [-0.2, 0) is 0 Å². The first-order chi connectivity index (χ1) is 8.92. The lowest BCUT2D eigenvalue weighted by Crippen LogP contribution is -2.66. The second-order valence-corrected chi connectivity index (χ2v) is 5.99. The molecule has 1 aromatic carbocycles. The summed E-state index contributed by atoms with van der Waals surface area (Å²) in [5, 5.41) is 3.97. The van der Waals surface area contributed by atoms with E-state index in [0.717, 1.165) is 12.0 Å². The predicted molar refractivity (Wildman–Crippen MR) is 75.5 cm³/mol. The summed E-state index contributed by atoms with van der Waals surface area (Å²) >= 11 is 5.43. The summed E-state index contributed by atoms with van der Waals surface area (Å²) in [5.74, 6) is 0.0358. The van der Waals surface area contributed by atoms with Gasteiger partial charge in [0.25, 0.3) is 0 Å². The van der Waals surface area contributed by atoms with Crippen molar-refractivity contribution in [2.45, 2.75) is 45.0 Å². The first-order valence-electron chi connectivity index (χ1n) is 6.49. The van der Waals surface area contributed by atoms with E-state index in [4.69, 9.17) is 17.0 Å². The van der Waals surface area contributed by atoms with E-state index in [9.17, 15) is 4.39 Å². The average molecular weight is 280 g/mol. The van der Waals surface area contributed by atoms with Crippen molar-refractivity contribution in [3.05, 3.63) is 29.6 Å². The number of benzene rings is 1. The van der Waals surface area contributed by atoms with Crippen molar-refractivity contribution in [2.24, 2.45) is 0 Å². The second-order valence-electron chi connectivity index (χ2n) is 5.61. The monoisotopic (exact) mass is 280 g/mol. The fourth-order valence-electron chi connectivity index (χ4n) is 3.15. The minimum absolute atomic E-state index is 0.0203. The molecule has 1 fully saturated rings. The van der Waals surface area contributed by atoms with Crippen LogP contribution in [0.15, 0.2) is 18.2 Å². The molecule has 1 aromatic rings. The summed E-state index contributed by atoms with van der Waals surface area (Å²) in [6, 6.07) is 5.25. The maximum Gasteiger partial charge on any atom is 0.184 e. The van der Waals surface area contributed by atoms with Gasteiger partial charge in [-0.05, 0) is 39.1 Å². The maximum atomic E-state index is 14.0. The predicted octanol–water partition coefficient (Wildman–Crippen LogP) is 2.96. The van der Waals surface area contributed by atoms with Gasteiger partial charge in [-0.1, -0.05) is 12.1 Å². The highest BCUT2D eigenvalue weighted by molar-refractivity contribution is 7.80. The van der Waals surface area contributed by atoms with Gasteiger partial charge in [-0.3, -0.25) is 0 Å². The summed E-state index contributed by atoms with van der Waals surface area (Å²) in [6.07, 6.45) is 0.752. The summed E-state index contributed by atoms with van der Waals surface area (Å²) in [5.41, 5.74) is 0.263. The summed E-state index contributed by atoms with van der Waals surface area (Å²) in [4.78, 5) is 2.01. The van der Waals surface area contributed by atoms with Crippen LogP contribution in [0.2, 0.25) is 0 Å². The molecule has 0 aromatic heterocycles. The molecule has 0 saturated carbocycles. The number of hydrogen-bond acceptors (Lipinski definition) is 2. The molecule has 3 nitrogen and oxygen atoms in total. The highest BCUT2D eigenvalue weighted by Gasteiger charge is 2.49. The summed E-state index contributed by atoms with van der Waals surface area (Å²) < 4.78 is 20.0. The van der Waals surface area contributed by atoms with Gasteiger partial charge in [0.2, 0.25) is 0 Å². The molecule has 2 bridgehead atoms. The molecule has 2 heterocycles. The van der Waals surface area contributed by atoms with Gasteiger partial charge in [0, 0.05) is 18.0 Å². The number of nitrogens with one attached hydrogen (secondary N) is 1. The van der Waals surface area contributed by atoms with Gasteiger partial charge < -0.3 is 15.0 Å². The van der Waals surface area contributed by atoms with Crippen molar-refractivity contribution in [3.8, 4) is 5.75 Å². The molecular formula is C14H17FN2OS. The topological polar surface area (TPSA) is 24.5 Å². The SMILES string of the molecule is CC(C)N1C(=S)NC2CC1(C)Oc1c(F)cccc12. The van der Waals surface area contributed by atoms with Crippen molar-refractivity contribution in [1.82, 2.24) is 10.2 Å². The van der Waals surface area contributed by atoms with Crippen molar-refractivity contribution in [3.63, 3.8) is 0 Å².